The van der Waals surface area contributed by atoms with Crippen molar-refractivity contribution in [2.75, 3.05) is 5.48 Å². The first kappa shape index (κ1) is 11.0. The Morgan fingerprint density at radius 3 is 2.45 bits per heavy atom. The minimum Gasteiger partial charge on any atom is -0.291 e. The molecule has 0 spiro atoms. The number of benzene rings is 1. The van der Waals surface area contributed by atoms with Gasteiger partial charge in [-0.25, -0.2) is 0 Å². The van der Waals surface area contributed by atoms with Crippen LogP contribution in [0.25, 0.3) is 0 Å². The first-order chi connectivity index (χ1) is 4.88. The van der Waals surface area contributed by atoms with E-state index in [9.17, 15) is 4.91 Å². The van der Waals surface area contributed by atoms with Crippen LogP contribution in [0.15, 0.2) is 29.4 Å². The van der Waals surface area contributed by atoms with Gasteiger partial charge in [-0.3, -0.25) is 10.7 Å². The summed E-state index contributed by atoms with van der Waals surface area (Å²) >= 11 is 0. The molecule has 1 aromatic rings. The van der Waals surface area contributed by atoms with Crippen LogP contribution in [-0.2, 0) is 0 Å². The van der Waals surface area contributed by atoms with Gasteiger partial charge in [-0.15, -0.1) is 4.91 Å². The van der Waals surface area contributed by atoms with Crippen molar-refractivity contribution in [3.8, 4) is 0 Å². The van der Waals surface area contributed by atoms with Crippen molar-refractivity contribution in [1.82, 2.24) is 0 Å². The molecule has 0 aliphatic rings. The number of anilines is 1. The fourth-order valence-electron chi connectivity index (χ4n) is 0.648. The van der Waals surface area contributed by atoms with Gasteiger partial charge in [0.15, 0.2) is 0 Å². The van der Waals surface area contributed by atoms with E-state index in [-0.39, 0.29) is 47.4 Å². The van der Waals surface area contributed by atoms with E-state index in [1.807, 2.05) is 5.48 Å². The molecule has 0 unspecified atom stereocenters. The Balaban J connectivity index is 0.000001000. The summed E-state index contributed by atoms with van der Waals surface area (Å²) in [7, 11) is 0. The maximum atomic E-state index is 9.99. The van der Waals surface area contributed by atoms with E-state index in [1.54, 1.807) is 18.2 Å². The van der Waals surface area contributed by atoms with Gasteiger partial charge in [0.2, 0.25) is 0 Å². The molecular formula is C6H6CeN2O2+3. The molecule has 1 aromatic carbocycles. The van der Waals surface area contributed by atoms with Gasteiger partial charge in [-0.05, 0) is 17.3 Å². The second-order valence-corrected chi connectivity index (χ2v) is 1.72. The molecule has 0 saturated heterocycles. The molecule has 1 radical (unpaired) electrons. The third-order valence-electron chi connectivity index (χ3n) is 1.12. The van der Waals surface area contributed by atoms with Crippen molar-refractivity contribution in [3.05, 3.63) is 29.2 Å². The van der Waals surface area contributed by atoms with Gasteiger partial charge in [0, 0.05) is 0 Å². The molecule has 0 amide bonds. The smallest absolute Gasteiger partial charge is 0.291 e. The maximum Gasteiger partial charge on any atom is 3.00 e. The minimum atomic E-state index is 0. The summed E-state index contributed by atoms with van der Waals surface area (Å²) in [5.74, 6) is 0. The largest absolute Gasteiger partial charge is 3.00 e. The van der Waals surface area contributed by atoms with Crippen LogP contribution in [0.1, 0.15) is 0 Å². The van der Waals surface area contributed by atoms with Gasteiger partial charge in [0.25, 0.3) is 0 Å². The van der Waals surface area contributed by atoms with Gasteiger partial charge in [-0.1, -0.05) is 12.1 Å². The fraction of sp³-hybridized carbons (Fsp3) is 0. The van der Waals surface area contributed by atoms with Gasteiger partial charge < -0.3 is 0 Å². The maximum absolute atomic E-state index is 9.99. The number of para-hydroxylation sites is 1. The van der Waals surface area contributed by atoms with Crippen molar-refractivity contribution < 1.29 is 47.0 Å². The molecule has 0 heterocycles. The number of hydrogen-bond donors (Lipinski definition) is 2. The third-order valence-corrected chi connectivity index (χ3v) is 1.12. The molecule has 0 aliphatic carbocycles. The van der Waals surface area contributed by atoms with Crippen LogP contribution in [0.2, 0.25) is 0 Å². The summed E-state index contributed by atoms with van der Waals surface area (Å²) in [6.07, 6.45) is 0. The first-order valence-corrected chi connectivity index (χ1v) is 2.71. The number of nitroso groups, excluding NO2 is 1. The second-order valence-electron chi connectivity index (χ2n) is 1.72. The fourth-order valence-corrected chi connectivity index (χ4v) is 0.648. The molecule has 0 saturated carbocycles. The molecular weight excluding hydrogens is 272 g/mol. The van der Waals surface area contributed by atoms with E-state index in [2.05, 4.69) is 5.18 Å². The van der Waals surface area contributed by atoms with Gasteiger partial charge in [0.1, 0.15) is 5.69 Å². The van der Waals surface area contributed by atoms with Crippen LogP contribution in [0.5, 0.6) is 0 Å². The number of rotatable bonds is 2. The average Bonchev–Trinajstić information content (AvgIpc) is 2.04. The van der Waals surface area contributed by atoms with E-state index in [4.69, 9.17) is 5.21 Å². The summed E-state index contributed by atoms with van der Waals surface area (Å²) in [5.41, 5.74) is 2.37. The Kier molecular flexibility index (Phi) is 5.57. The summed E-state index contributed by atoms with van der Waals surface area (Å²) in [6, 6.07) is 6.41. The Morgan fingerprint density at radius 2 is 2.00 bits per heavy atom. The van der Waals surface area contributed by atoms with Crippen molar-refractivity contribution in [1.29, 1.82) is 0 Å². The Bertz CT molecular complexity index is 242. The zero-order valence-corrected chi connectivity index (χ0v) is 8.75. The molecule has 1 rings (SSSR count). The minimum absolute atomic E-state index is 0. The zero-order valence-electron chi connectivity index (χ0n) is 5.61. The van der Waals surface area contributed by atoms with Crippen molar-refractivity contribution >= 4 is 11.4 Å². The summed E-state index contributed by atoms with van der Waals surface area (Å²) in [5, 5.41) is 11.1. The normalized spacial score (nSPS) is 8.09. The van der Waals surface area contributed by atoms with Crippen LogP contribution in [0.4, 0.5) is 11.4 Å². The van der Waals surface area contributed by atoms with E-state index in [1.165, 1.54) is 6.07 Å². The zero-order chi connectivity index (χ0) is 7.40. The Hall–Kier alpha value is -0.0434. The SMILES string of the molecule is O=Nc1ccccc1NO.[Ce+3]. The number of nitrogens with zero attached hydrogens (tertiary/aromatic N) is 1. The second kappa shape index (κ2) is 5.59. The van der Waals surface area contributed by atoms with Crippen LogP contribution in [0.3, 0.4) is 0 Å². The molecule has 11 heavy (non-hydrogen) atoms. The quantitative estimate of drug-likeness (QED) is 0.641. The van der Waals surface area contributed by atoms with Crippen molar-refractivity contribution in [2.24, 2.45) is 5.18 Å². The molecule has 53 valence electrons. The van der Waals surface area contributed by atoms with Crippen LogP contribution >= 0.6 is 0 Å². The monoisotopic (exact) mass is 278 g/mol. The number of hydrogen-bond acceptors (Lipinski definition) is 4. The van der Waals surface area contributed by atoms with Crippen LogP contribution in [0, 0.1) is 46.7 Å². The molecule has 0 atom stereocenters. The molecule has 5 heteroatoms. The predicted molar refractivity (Wildman–Crippen MR) is 37.3 cm³/mol. The molecule has 0 aliphatic heterocycles. The summed E-state index contributed by atoms with van der Waals surface area (Å²) < 4.78 is 0. The molecule has 4 nitrogen and oxygen atoms in total. The topological polar surface area (TPSA) is 61.7 Å². The van der Waals surface area contributed by atoms with Gasteiger partial charge >= 0.3 is 41.7 Å². The summed E-state index contributed by atoms with van der Waals surface area (Å²) in [6.45, 7) is 0. The molecule has 0 fully saturated rings. The third kappa shape index (κ3) is 2.82. The van der Waals surface area contributed by atoms with E-state index in [0.29, 0.717) is 5.69 Å². The van der Waals surface area contributed by atoms with Gasteiger partial charge in [0.05, 0.1) is 5.69 Å². The van der Waals surface area contributed by atoms with Gasteiger partial charge in [-0.2, -0.15) is 0 Å². The van der Waals surface area contributed by atoms with E-state index in [0.717, 1.165) is 0 Å². The molecule has 0 bridgehead atoms. The Labute approximate surface area is 97.3 Å². The standard InChI is InChI=1S/C6H6N2O2.Ce/c9-7-5-3-1-2-4-6(5)8-10;/h1-4,7,9H;/q;+3. The molecule has 0 aromatic heterocycles. The first-order valence-electron chi connectivity index (χ1n) is 2.71. The summed E-state index contributed by atoms with van der Waals surface area (Å²) in [4.78, 5) is 9.99. The van der Waals surface area contributed by atoms with Crippen molar-refractivity contribution in [2.45, 2.75) is 0 Å². The average molecular weight is 278 g/mol. The van der Waals surface area contributed by atoms with Crippen LogP contribution in [-0.4, -0.2) is 5.21 Å². The Morgan fingerprint density at radius 1 is 1.36 bits per heavy atom. The van der Waals surface area contributed by atoms with E-state index < -0.39 is 0 Å². The van der Waals surface area contributed by atoms with E-state index >= 15 is 0 Å². The molecule has 2 N–H and O–H groups in total. The predicted octanol–water partition coefficient (Wildman–Crippen LogP) is 1.89. The van der Waals surface area contributed by atoms with Crippen molar-refractivity contribution in [3.63, 3.8) is 0 Å². The van der Waals surface area contributed by atoms with Crippen LogP contribution < -0.4 is 5.48 Å². The number of nitrogens with one attached hydrogen (secondary N) is 1.